The maximum atomic E-state index is 13.7. The fraction of sp³-hybridized carbons (Fsp3) is 0.397. The average molecular weight is 1500 g/mol. The summed E-state index contributed by atoms with van der Waals surface area (Å²) in [6.07, 6.45) is 7.95. The quantitative estimate of drug-likeness (QED) is 0.0256. The summed E-state index contributed by atoms with van der Waals surface area (Å²) in [4.78, 5) is 43.6. The molecule has 0 radical (unpaired) electrons. The van der Waals surface area contributed by atoms with Gasteiger partial charge in [0, 0.05) is 12.8 Å². The number of rotatable bonds is 19. The van der Waals surface area contributed by atoms with Gasteiger partial charge in [0.25, 0.3) is 0 Å². The number of hydrogen-bond donors (Lipinski definition) is 4. The second kappa shape index (κ2) is 55.7. The van der Waals surface area contributed by atoms with Crippen LogP contribution in [0.2, 0.25) is 0 Å². The smallest absolute Gasteiger partial charge is 0.346 e. The standard InChI is InChI=1S/C14H19FO3.C14H15FO3.C13H19FO2.C10H10BrFO3.C6H4BrFO.C6H5FO.C4H8O3.C4H6.C2H6/c2*1-4-5-7-11-8-6-9-12(15)13(11)18-10(2)14(16)17-3;1-3-4-6-11-7-5-8-12(14)13(11)16-10(2)9-15;1-6(10(13)14-2)15-9-7(11)4-3-5-8(9)12;7-4-2-1-3-5(8)6(4)9;7-5-3-1-2-4-6(5)8;1-3(5)4(6)7-2;1-3-4-2;1-2/h6,8-10H,4-5,7H2,1-3H3;6,8-10H,4H2,1-3H3;5,7-8,10,15H,3-4,6,9H2,1-2H3;3-6H,1-2H3;1-3,9H;1-4,8H;3,5H,1-2H3;1H,4H2,2H3;1-2H3/t3*10-;6-;;;3-;;/m1111..0../s1. The minimum Gasteiger partial charge on any atom is -0.505 e. The number of esters is 4. The third-order valence-electron chi connectivity index (χ3n) is 11.6. The first-order chi connectivity index (χ1) is 46.0. The highest BCUT2D eigenvalue weighted by Crippen LogP contribution is 2.30. The van der Waals surface area contributed by atoms with Crippen molar-refractivity contribution in [3.05, 3.63) is 176 Å². The lowest BCUT2D eigenvalue weighted by molar-refractivity contribution is -0.149. The Kier molecular flexibility index (Phi) is 53.3. The summed E-state index contributed by atoms with van der Waals surface area (Å²) in [5, 5.41) is 34.6. The summed E-state index contributed by atoms with van der Waals surface area (Å²) in [6, 6.07) is 28.5. The molecule has 0 unspecified atom stereocenters. The maximum Gasteiger partial charge on any atom is 0.346 e. The number of phenols is 2. The summed E-state index contributed by atoms with van der Waals surface area (Å²) in [5.41, 5.74) is 2.09. The molecule has 6 aromatic carbocycles. The number of para-hydroxylation sites is 6. The van der Waals surface area contributed by atoms with Gasteiger partial charge in [-0.15, -0.1) is 12.3 Å². The van der Waals surface area contributed by atoms with E-state index < -0.39 is 77.4 Å². The second-order valence-corrected chi connectivity index (χ2v) is 20.9. The number of benzene rings is 6. The van der Waals surface area contributed by atoms with Gasteiger partial charge in [-0.2, -0.15) is 0 Å². The van der Waals surface area contributed by atoms with Crippen LogP contribution in [0.25, 0.3) is 0 Å². The van der Waals surface area contributed by atoms with E-state index in [1.54, 1.807) is 56.3 Å². The van der Waals surface area contributed by atoms with Gasteiger partial charge >= 0.3 is 23.9 Å². The predicted octanol–water partition coefficient (Wildman–Crippen LogP) is 16.5. The number of aliphatic hydroxyl groups is 2. The number of aliphatic hydroxyl groups excluding tert-OH is 2. The van der Waals surface area contributed by atoms with E-state index in [1.807, 2.05) is 39.8 Å². The number of carbonyl (C=O) groups excluding carboxylic acids is 4. The van der Waals surface area contributed by atoms with Crippen LogP contribution >= 0.6 is 31.9 Å². The SMILES string of the molecule is C#CCC.CC.CCC#Cc1cccc(F)c1O[C@H](C)C(=O)OC.CCCCc1cccc(F)c1O[C@H](C)C(=O)OC.CCCCc1cccc(F)c1O[C@H](C)CO.COC(=O)[C@@H](C)Oc1c(F)cccc1Br.COC(=O)[C@H](C)O.Oc1c(F)cccc1Br.Oc1ccccc1F. The van der Waals surface area contributed by atoms with Crippen molar-refractivity contribution < 1.29 is 104 Å². The van der Waals surface area contributed by atoms with Gasteiger partial charge in [-0.05, 0) is 164 Å². The third-order valence-corrected chi connectivity index (χ3v) is 12.8. The van der Waals surface area contributed by atoms with E-state index in [-0.39, 0.29) is 53.0 Å². The summed E-state index contributed by atoms with van der Waals surface area (Å²) in [6.45, 7) is 19.5. The van der Waals surface area contributed by atoms with Crippen molar-refractivity contribution in [1.82, 2.24) is 0 Å². The zero-order valence-electron chi connectivity index (χ0n) is 57.5. The molecule has 0 aromatic heterocycles. The Morgan fingerprint density at radius 3 is 1.19 bits per heavy atom. The molecule has 0 aliphatic heterocycles. The largest absolute Gasteiger partial charge is 0.505 e. The molecule has 5 atom stereocenters. The van der Waals surface area contributed by atoms with Crippen LogP contribution in [0.15, 0.2) is 124 Å². The van der Waals surface area contributed by atoms with E-state index in [2.05, 4.69) is 82.4 Å². The fourth-order valence-corrected chi connectivity index (χ4v) is 7.30. The number of carbonyl (C=O) groups is 4. The number of methoxy groups -OCH3 is 4. The molecule has 536 valence electrons. The van der Waals surface area contributed by atoms with Crippen LogP contribution in [-0.2, 0) is 51.0 Å². The van der Waals surface area contributed by atoms with Crippen molar-refractivity contribution in [2.75, 3.05) is 35.0 Å². The molecule has 4 N–H and O–H groups in total. The normalized spacial score (nSPS) is 11.1. The average Bonchev–Trinajstić information content (AvgIpc) is 0.905. The molecular weight excluding hydrogens is 1410 g/mol. The predicted molar refractivity (Wildman–Crippen MR) is 369 cm³/mol. The number of aromatic hydroxyl groups is 2. The van der Waals surface area contributed by atoms with Crippen LogP contribution in [0.3, 0.4) is 0 Å². The van der Waals surface area contributed by atoms with Gasteiger partial charge in [-0.3, -0.25) is 0 Å². The third kappa shape index (κ3) is 39.4. The van der Waals surface area contributed by atoms with Crippen LogP contribution in [0.4, 0.5) is 26.3 Å². The van der Waals surface area contributed by atoms with E-state index in [1.165, 1.54) is 110 Å². The van der Waals surface area contributed by atoms with Crippen molar-refractivity contribution in [3.8, 4) is 58.7 Å². The van der Waals surface area contributed by atoms with Crippen molar-refractivity contribution in [2.24, 2.45) is 0 Å². The number of phenolic OH excluding ortho intramolecular Hbond substituents is 2. The molecular formula is C73H92Br2F6O16. The molecule has 0 saturated heterocycles. The van der Waals surface area contributed by atoms with Gasteiger partial charge in [0.05, 0.1) is 49.6 Å². The second-order valence-electron chi connectivity index (χ2n) is 19.2. The molecule has 0 bridgehead atoms. The van der Waals surface area contributed by atoms with Gasteiger partial charge in [0.15, 0.2) is 87.7 Å². The van der Waals surface area contributed by atoms with Crippen LogP contribution in [0, 0.1) is 59.1 Å². The van der Waals surface area contributed by atoms with E-state index in [9.17, 15) is 45.5 Å². The topological polar surface area (TPSA) is 223 Å². The summed E-state index contributed by atoms with van der Waals surface area (Å²) < 4.78 is 118. The van der Waals surface area contributed by atoms with Crippen molar-refractivity contribution in [1.29, 1.82) is 0 Å². The molecule has 6 rings (SSSR count). The lowest BCUT2D eigenvalue weighted by Gasteiger charge is -2.16. The number of terminal acetylenes is 1. The van der Waals surface area contributed by atoms with Crippen LogP contribution in [0.5, 0.6) is 34.5 Å². The highest BCUT2D eigenvalue weighted by atomic mass is 79.9. The van der Waals surface area contributed by atoms with Gasteiger partial charge in [-0.1, -0.05) is 121 Å². The Balaban J connectivity index is -0.00000107. The minimum absolute atomic E-state index is 0.00963. The molecule has 0 aliphatic rings. The Morgan fingerprint density at radius 1 is 0.485 bits per heavy atom. The first-order valence-electron chi connectivity index (χ1n) is 30.6. The molecule has 24 heteroatoms. The molecule has 0 spiro atoms. The molecule has 0 amide bonds. The first kappa shape index (κ1) is 92.8. The van der Waals surface area contributed by atoms with Crippen LogP contribution in [0.1, 0.15) is 131 Å². The van der Waals surface area contributed by atoms with E-state index in [0.29, 0.717) is 20.9 Å². The van der Waals surface area contributed by atoms with E-state index in [0.717, 1.165) is 56.1 Å². The first-order valence-corrected chi connectivity index (χ1v) is 32.2. The van der Waals surface area contributed by atoms with Gasteiger partial charge < -0.3 is 58.3 Å². The Labute approximate surface area is 584 Å². The summed E-state index contributed by atoms with van der Waals surface area (Å²) in [7, 11) is 5.01. The highest BCUT2D eigenvalue weighted by Gasteiger charge is 2.22. The number of unbranched alkanes of at least 4 members (excludes halogenated alkanes) is 2. The zero-order valence-corrected chi connectivity index (χ0v) is 60.7. The van der Waals surface area contributed by atoms with E-state index in [4.69, 9.17) is 45.8 Å². The lowest BCUT2D eigenvalue weighted by Crippen LogP contribution is -2.25. The Bertz CT molecular complexity index is 3260. The summed E-state index contributed by atoms with van der Waals surface area (Å²) >= 11 is 6.09. The van der Waals surface area contributed by atoms with Gasteiger partial charge in [0.2, 0.25) is 0 Å². The van der Waals surface area contributed by atoms with Gasteiger partial charge in [0.1, 0.15) is 12.2 Å². The molecule has 16 nitrogen and oxygen atoms in total. The zero-order chi connectivity index (χ0) is 74.6. The summed E-state index contributed by atoms with van der Waals surface area (Å²) in [5.74, 6) is 2.59. The number of ether oxygens (including phenoxy) is 8. The maximum absolute atomic E-state index is 13.7. The molecule has 6 aromatic rings. The monoisotopic (exact) mass is 1500 g/mol. The Hall–Kier alpha value is -8.42. The van der Waals surface area contributed by atoms with Crippen LogP contribution < -0.4 is 18.9 Å². The molecule has 0 heterocycles. The molecule has 0 saturated carbocycles. The Morgan fingerprint density at radius 2 is 0.845 bits per heavy atom. The minimum atomic E-state index is -0.995. The highest BCUT2D eigenvalue weighted by molar-refractivity contribution is 9.11. The van der Waals surface area contributed by atoms with Gasteiger partial charge in [-0.25, -0.2) is 45.5 Å². The van der Waals surface area contributed by atoms with Crippen molar-refractivity contribution in [2.45, 2.75) is 158 Å². The lowest BCUT2D eigenvalue weighted by atomic mass is 10.1. The number of halogens is 8. The molecule has 0 aliphatic carbocycles. The van der Waals surface area contributed by atoms with Crippen LogP contribution in [-0.4, -0.2) is 110 Å². The van der Waals surface area contributed by atoms with E-state index >= 15 is 0 Å². The van der Waals surface area contributed by atoms with Crippen molar-refractivity contribution in [3.63, 3.8) is 0 Å². The number of hydrogen-bond acceptors (Lipinski definition) is 16. The molecule has 97 heavy (non-hydrogen) atoms. The fourth-order valence-electron chi connectivity index (χ4n) is 6.53. The molecule has 0 fully saturated rings. The van der Waals surface area contributed by atoms with Crippen molar-refractivity contribution >= 4 is 55.7 Å². The number of aryl methyl sites for hydroxylation is 2.